The molecule has 0 unspecified atom stereocenters. The highest BCUT2D eigenvalue weighted by Crippen LogP contribution is 1.87. The van der Waals surface area contributed by atoms with Crippen LogP contribution in [0.2, 0.25) is 0 Å². The molecule has 0 heterocycles. The molecule has 0 saturated heterocycles. The fraction of sp³-hybridized carbons (Fsp3) is 0.714. The standard InChI is InChI=1S/C7H13NS/c1-4-8(5-2)6-7-9-3/h4-5H2,1-3H3. The van der Waals surface area contributed by atoms with Crippen molar-refractivity contribution in [3.05, 3.63) is 0 Å². The second-order valence-corrected chi connectivity index (χ2v) is 2.20. The van der Waals surface area contributed by atoms with Gasteiger partial charge in [-0.15, -0.1) is 0 Å². The average molecular weight is 143 g/mol. The van der Waals surface area contributed by atoms with E-state index in [4.69, 9.17) is 0 Å². The van der Waals surface area contributed by atoms with Gasteiger partial charge in [0.15, 0.2) is 0 Å². The van der Waals surface area contributed by atoms with Crippen LogP contribution >= 0.6 is 11.8 Å². The quantitative estimate of drug-likeness (QED) is 0.427. The highest BCUT2D eigenvalue weighted by atomic mass is 32.2. The van der Waals surface area contributed by atoms with Crippen molar-refractivity contribution in [3.63, 3.8) is 0 Å². The molecule has 0 rings (SSSR count). The van der Waals surface area contributed by atoms with Crippen molar-refractivity contribution in [1.29, 1.82) is 0 Å². The molecule has 52 valence electrons. The van der Waals surface area contributed by atoms with Crippen LogP contribution in [-0.4, -0.2) is 24.2 Å². The first-order chi connectivity index (χ1) is 4.35. The van der Waals surface area contributed by atoms with Gasteiger partial charge in [0.05, 0.1) is 0 Å². The normalized spacial score (nSPS) is 7.89. The Bertz CT molecular complexity index is 108. The average Bonchev–Trinajstić information content (AvgIpc) is 1.91. The van der Waals surface area contributed by atoms with E-state index < -0.39 is 0 Å². The Labute approximate surface area is 61.8 Å². The van der Waals surface area contributed by atoms with Crippen molar-refractivity contribution < 1.29 is 0 Å². The van der Waals surface area contributed by atoms with Gasteiger partial charge in [0.25, 0.3) is 0 Å². The lowest BCUT2D eigenvalue weighted by atomic mass is 10.6. The molecular weight excluding hydrogens is 130 g/mol. The molecule has 0 radical (unpaired) electrons. The van der Waals surface area contributed by atoms with Crippen LogP contribution in [0, 0.1) is 11.3 Å². The lowest BCUT2D eigenvalue weighted by Gasteiger charge is -2.09. The van der Waals surface area contributed by atoms with E-state index in [2.05, 4.69) is 30.0 Å². The number of nitrogens with zero attached hydrogens (tertiary/aromatic N) is 1. The zero-order valence-electron chi connectivity index (χ0n) is 6.27. The minimum absolute atomic E-state index is 1.02. The van der Waals surface area contributed by atoms with Gasteiger partial charge in [0.1, 0.15) is 0 Å². The highest BCUT2D eigenvalue weighted by Gasteiger charge is 1.86. The molecule has 9 heavy (non-hydrogen) atoms. The third kappa shape index (κ3) is 4.23. The molecule has 0 bridgehead atoms. The minimum atomic E-state index is 1.02. The van der Waals surface area contributed by atoms with Crippen LogP contribution in [0.4, 0.5) is 0 Å². The molecule has 0 fully saturated rings. The van der Waals surface area contributed by atoms with Gasteiger partial charge in [-0.25, -0.2) is 0 Å². The summed E-state index contributed by atoms with van der Waals surface area (Å²) in [5.41, 5.74) is 0. The minimum Gasteiger partial charge on any atom is -0.332 e. The largest absolute Gasteiger partial charge is 0.332 e. The molecule has 0 spiro atoms. The Kier molecular flexibility index (Phi) is 5.65. The van der Waals surface area contributed by atoms with E-state index in [1.165, 1.54) is 0 Å². The second-order valence-electron chi connectivity index (χ2n) is 1.59. The van der Waals surface area contributed by atoms with Crippen molar-refractivity contribution >= 4 is 11.8 Å². The molecule has 0 saturated carbocycles. The van der Waals surface area contributed by atoms with Crippen molar-refractivity contribution in [2.24, 2.45) is 0 Å². The molecule has 0 aromatic carbocycles. The van der Waals surface area contributed by atoms with Gasteiger partial charge in [0, 0.05) is 19.1 Å². The zero-order chi connectivity index (χ0) is 7.11. The Morgan fingerprint density at radius 2 is 1.89 bits per heavy atom. The molecule has 0 amide bonds. The number of thioether (sulfide) groups is 1. The van der Waals surface area contributed by atoms with Crippen LogP contribution in [0.1, 0.15) is 13.8 Å². The molecule has 2 heteroatoms. The summed E-state index contributed by atoms with van der Waals surface area (Å²) in [4.78, 5) is 2.08. The zero-order valence-corrected chi connectivity index (χ0v) is 7.09. The Hall–Kier alpha value is -0.290. The second kappa shape index (κ2) is 5.84. The molecule has 0 aromatic heterocycles. The maximum absolute atomic E-state index is 3.02. The van der Waals surface area contributed by atoms with E-state index in [0.717, 1.165) is 13.1 Å². The fourth-order valence-electron chi connectivity index (χ4n) is 0.492. The maximum atomic E-state index is 3.02. The summed E-state index contributed by atoms with van der Waals surface area (Å²) in [6, 6.07) is 3.02. The predicted molar refractivity (Wildman–Crippen MR) is 44.2 cm³/mol. The highest BCUT2D eigenvalue weighted by molar-refractivity contribution is 8.03. The number of rotatable bonds is 2. The molecule has 0 aliphatic carbocycles. The molecule has 0 atom stereocenters. The lowest BCUT2D eigenvalue weighted by molar-refractivity contribution is 0.444. The Morgan fingerprint density at radius 3 is 2.22 bits per heavy atom. The number of hydrogen-bond acceptors (Lipinski definition) is 2. The maximum Gasteiger partial charge on any atom is 0.0232 e. The van der Waals surface area contributed by atoms with E-state index in [9.17, 15) is 0 Å². The van der Waals surface area contributed by atoms with Crippen LogP contribution in [0.15, 0.2) is 0 Å². The van der Waals surface area contributed by atoms with E-state index in [1.807, 2.05) is 6.26 Å². The van der Waals surface area contributed by atoms with Gasteiger partial charge in [-0.1, -0.05) is 11.8 Å². The van der Waals surface area contributed by atoms with Crippen molar-refractivity contribution in [2.45, 2.75) is 13.8 Å². The van der Waals surface area contributed by atoms with Gasteiger partial charge in [-0.2, -0.15) is 0 Å². The van der Waals surface area contributed by atoms with Crippen molar-refractivity contribution in [3.8, 4) is 11.3 Å². The summed E-state index contributed by atoms with van der Waals surface area (Å²) in [5, 5.41) is 2.94. The summed E-state index contributed by atoms with van der Waals surface area (Å²) in [5.74, 6) is 0. The van der Waals surface area contributed by atoms with Gasteiger partial charge in [-0.05, 0) is 25.4 Å². The van der Waals surface area contributed by atoms with Gasteiger partial charge < -0.3 is 4.90 Å². The fourth-order valence-corrected chi connectivity index (χ4v) is 0.712. The third-order valence-electron chi connectivity index (χ3n) is 1.07. The predicted octanol–water partition coefficient (Wildman–Crippen LogP) is 1.61. The first kappa shape index (κ1) is 8.71. The van der Waals surface area contributed by atoms with Crippen molar-refractivity contribution in [1.82, 2.24) is 4.90 Å². The molecule has 0 aliphatic heterocycles. The topological polar surface area (TPSA) is 3.24 Å². The summed E-state index contributed by atoms with van der Waals surface area (Å²) in [6.45, 7) is 6.26. The molecule has 0 N–H and O–H groups in total. The van der Waals surface area contributed by atoms with E-state index in [0.29, 0.717) is 0 Å². The third-order valence-corrected chi connectivity index (χ3v) is 1.36. The van der Waals surface area contributed by atoms with Crippen LogP contribution in [-0.2, 0) is 0 Å². The Morgan fingerprint density at radius 1 is 1.33 bits per heavy atom. The van der Waals surface area contributed by atoms with E-state index in [1.54, 1.807) is 11.8 Å². The first-order valence-corrected chi connectivity index (χ1v) is 4.36. The monoisotopic (exact) mass is 143 g/mol. The molecule has 1 nitrogen and oxygen atoms in total. The van der Waals surface area contributed by atoms with Gasteiger partial charge in [0.2, 0.25) is 0 Å². The number of hydrogen-bond donors (Lipinski definition) is 0. The summed E-state index contributed by atoms with van der Waals surface area (Å²) >= 11 is 1.56. The SMILES string of the molecule is CCN(C#CSC)CC. The smallest absolute Gasteiger partial charge is 0.0232 e. The van der Waals surface area contributed by atoms with Crippen LogP contribution < -0.4 is 0 Å². The van der Waals surface area contributed by atoms with Crippen molar-refractivity contribution in [2.75, 3.05) is 19.3 Å². The summed E-state index contributed by atoms with van der Waals surface area (Å²) in [7, 11) is 0. The lowest BCUT2D eigenvalue weighted by Crippen LogP contribution is -2.15. The summed E-state index contributed by atoms with van der Waals surface area (Å²) < 4.78 is 0. The van der Waals surface area contributed by atoms with Crippen LogP contribution in [0.5, 0.6) is 0 Å². The van der Waals surface area contributed by atoms with E-state index in [-0.39, 0.29) is 0 Å². The Balaban J connectivity index is 3.54. The molecule has 0 aromatic rings. The van der Waals surface area contributed by atoms with Gasteiger partial charge in [-0.3, -0.25) is 0 Å². The summed E-state index contributed by atoms with van der Waals surface area (Å²) in [6.07, 6.45) is 1.98. The first-order valence-electron chi connectivity index (χ1n) is 3.13. The van der Waals surface area contributed by atoms with Gasteiger partial charge >= 0.3 is 0 Å². The molecule has 0 aliphatic rings. The van der Waals surface area contributed by atoms with Crippen LogP contribution in [0.25, 0.3) is 0 Å². The van der Waals surface area contributed by atoms with Crippen LogP contribution in [0.3, 0.4) is 0 Å². The van der Waals surface area contributed by atoms with E-state index >= 15 is 0 Å². The molecular formula is C7H13NS.